The van der Waals surface area contributed by atoms with Crippen LogP contribution in [0, 0.1) is 5.41 Å². The van der Waals surface area contributed by atoms with Crippen molar-refractivity contribution in [1.29, 1.82) is 0 Å². The average Bonchev–Trinajstić information content (AvgIpc) is 2.98. The highest BCUT2D eigenvalue weighted by molar-refractivity contribution is 6.18. The molecule has 0 atom stereocenters. The number of hydrogen-bond acceptors (Lipinski definition) is 4. The summed E-state index contributed by atoms with van der Waals surface area (Å²) in [5, 5.41) is 5.64. The minimum Gasteiger partial charge on any atom is -0.480 e. The van der Waals surface area contributed by atoms with Gasteiger partial charge in [-0.1, -0.05) is 12.1 Å². The lowest BCUT2D eigenvalue weighted by atomic mass is 9.84. The van der Waals surface area contributed by atoms with Gasteiger partial charge in [0.05, 0.1) is 22.4 Å². The van der Waals surface area contributed by atoms with Gasteiger partial charge in [-0.05, 0) is 88.9 Å². The normalized spacial score (nSPS) is 16.0. The number of aryl methyl sites for hydroxylation is 1. The van der Waals surface area contributed by atoms with Crippen LogP contribution in [0.25, 0.3) is 0 Å². The molecule has 0 aliphatic carbocycles. The fraction of sp³-hybridized carbons (Fsp3) is 0.400. The summed E-state index contributed by atoms with van der Waals surface area (Å²) in [7, 11) is 0. The van der Waals surface area contributed by atoms with Crippen molar-refractivity contribution in [2.45, 2.75) is 58.7 Å². The van der Waals surface area contributed by atoms with Crippen molar-refractivity contribution in [3.8, 4) is 5.75 Å². The van der Waals surface area contributed by atoms with Gasteiger partial charge in [-0.3, -0.25) is 9.59 Å². The molecule has 3 rings (SSSR count). The van der Waals surface area contributed by atoms with Crippen molar-refractivity contribution < 1.29 is 27.5 Å². The molecule has 0 fully saturated rings. The van der Waals surface area contributed by atoms with Crippen LogP contribution in [0.5, 0.6) is 5.75 Å². The van der Waals surface area contributed by atoms with Gasteiger partial charge in [0, 0.05) is 0 Å². The Morgan fingerprint density at radius 2 is 1.61 bits per heavy atom. The van der Waals surface area contributed by atoms with E-state index in [9.17, 15) is 22.8 Å². The van der Waals surface area contributed by atoms with E-state index in [1.165, 1.54) is 17.1 Å². The zero-order chi connectivity index (χ0) is 24.4. The Morgan fingerprint density at radius 1 is 1.00 bits per heavy atom. The molecule has 0 saturated carbocycles. The van der Waals surface area contributed by atoms with Crippen LogP contribution < -0.4 is 9.75 Å². The summed E-state index contributed by atoms with van der Waals surface area (Å²) < 4.78 is 44.1. The van der Waals surface area contributed by atoms with E-state index in [4.69, 9.17) is 4.74 Å². The van der Waals surface area contributed by atoms with E-state index in [2.05, 4.69) is 5.10 Å². The fourth-order valence-corrected chi connectivity index (χ4v) is 3.52. The van der Waals surface area contributed by atoms with Crippen LogP contribution in [0.15, 0.2) is 53.6 Å². The van der Waals surface area contributed by atoms with Crippen LogP contribution in [-0.4, -0.2) is 23.5 Å². The van der Waals surface area contributed by atoms with Gasteiger partial charge < -0.3 is 4.74 Å². The van der Waals surface area contributed by atoms with E-state index in [1.54, 1.807) is 27.7 Å². The topological polar surface area (TPSA) is 59.0 Å². The fourth-order valence-electron chi connectivity index (χ4n) is 3.52. The number of hydrazone groups is 1. The molecule has 2 aromatic rings. The third-order valence-electron chi connectivity index (χ3n) is 5.58. The van der Waals surface area contributed by atoms with E-state index in [0.29, 0.717) is 23.6 Å². The highest BCUT2D eigenvalue weighted by atomic mass is 19.4. The summed E-state index contributed by atoms with van der Waals surface area (Å²) in [4.78, 5) is 23.9. The number of rotatable bonds is 8. The second-order valence-electron chi connectivity index (χ2n) is 9.15. The number of anilines is 1. The molecule has 0 unspecified atom stereocenters. The van der Waals surface area contributed by atoms with Crippen molar-refractivity contribution in [2.75, 3.05) is 5.01 Å². The number of aldehydes is 1. The van der Waals surface area contributed by atoms with Crippen molar-refractivity contribution in [1.82, 2.24) is 0 Å². The van der Waals surface area contributed by atoms with Gasteiger partial charge in [0.2, 0.25) is 0 Å². The third-order valence-corrected chi connectivity index (χ3v) is 5.58. The van der Waals surface area contributed by atoms with Gasteiger partial charge >= 0.3 is 6.18 Å². The molecular weight excluding hydrogens is 433 g/mol. The highest BCUT2D eigenvalue weighted by Gasteiger charge is 2.43. The van der Waals surface area contributed by atoms with Gasteiger partial charge in [0.25, 0.3) is 5.91 Å². The Bertz CT molecular complexity index is 1040. The third kappa shape index (κ3) is 5.61. The van der Waals surface area contributed by atoms with Gasteiger partial charge in [-0.15, -0.1) is 0 Å². The summed E-state index contributed by atoms with van der Waals surface area (Å²) in [6.07, 6.45) is -1.61. The number of amides is 1. The Labute approximate surface area is 191 Å². The molecule has 1 heterocycles. The number of carbonyl (C=O) groups excluding carboxylic acids is 2. The predicted octanol–water partition coefficient (Wildman–Crippen LogP) is 5.81. The Balaban J connectivity index is 1.64. The monoisotopic (exact) mass is 460 g/mol. The van der Waals surface area contributed by atoms with Crippen molar-refractivity contribution in [3.63, 3.8) is 0 Å². The molecule has 33 heavy (non-hydrogen) atoms. The van der Waals surface area contributed by atoms with Crippen LogP contribution in [0.2, 0.25) is 0 Å². The number of hydrogen-bond donors (Lipinski definition) is 0. The summed E-state index contributed by atoms with van der Waals surface area (Å²) in [6.45, 7) is 6.93. The van der Waals surface area contributed by atoms with Gasteiger partial charge in [-0.2, -0.15) is 18.3 Å². The molecule has 1 amide bonds. The van der Waals surface area contributed by atoms with Crippen LogP contribution in [0.1, 0.15) is 51.7 Å². The lowest BCUT2D eigenvalue weighted by Crippen LogP contribution is -2.34. The predicted molar refractivity (Wildman–Crippen MR) is 120 cm³/mol. The quantitative estimate of drug-likeness (QED) is 0.467. The Kier molecular flexibility index (Phi) is 6.68. The number of carbonyl (C=O) groups is 2. The van der Waals surface area contributed by atoms with E-state index >= 15 is 0 Å². The Morgan fingerprint density at radius 3 is 2.15 bits per heavy atom. The van der Waals surface area contributed by atoms with Crippen LogP contribution in [-0.2, 0) is 22.2 Å². The van der Waals surface area contributed by atoms with E-state index in [-0.39, 0.29) is 5.91 Å². The van der Waals surface area contributed by atoms with Crippen molar-refractivity contribution in [2.24, 2.45) is 10.5 Å². The molecule has 0 saturated heterocycles. The second-order valence-corrected chi connectivity index (χ2v) is 9.15. The molecule has 1 aliphatic rings. The molecule has 0 spiro atoms. The van der Waals surface area contributed by atoms with Crippen LogP contribution in [0.3, 0.4) is 0 Å². The molecule has 0 bridgehead atoms. The van der Waals surface area contributed by atoms with Crippen LogP contribution >= 0.6 is 0 Å². The first-order valence-electron chi connectivity index (χ1n) is 10.7. The number of halogens is 3. The highest BCUT2D eigenvalue weighted by Crippen LogP contribution is 2.36. The maximum atomic E-state index is 12.9. The molecule has 2 aromatic carbocycles. The van der Waals surface area contributed by atoms with Crippen molar-refractivity contribution in [3.05, 3.63) is 59.7 Å². The molecule has 0 radical (unpaired) electrons. The first-order chi connectivity index (χ1) is 15.3. The smallest absolute Gasteiger partial charge is 0.416 e. The number of nitrogens with zero attached hydrogens (tertiary/aromatic N) is 2. The van der Waals surface area contributed by atoms with Gasteiger partial charge in [0.1, 0.15) is 5.75 Å². The number of benzene rings is 2. The van der Waals surface area contributed by atoms with Crippen LogP contribution in [0.4, 0.5) is 18.9 Å². The molecule has 8 heteroatoms. The van der Waals surface area contributed by atoms with E-state index in [0.717, 1.165) is 36.8 Å². The lowest BCUT2D eigenvalue weighted by molar-refractivity contribution is -0.137. The molecule has 176 valence electrons. The van der Waals surface area contributed by atoms with Gasteiger partial charge in [-0.25, -0.2) is 5.01 Å². The maximum absolute atomic E-state index is 12.9. The standard InChI is InChI=1S/C25H27F3N2O3/c1-23(2,16-31)33-20-14-8-17(9-15-20)6-5-7-21-24(3,4)22(32)30(29-21)19-12-10-18(11-13-19)25(26,27)28/h8-16H,5-7H2,1-4H3. The second kappa shape index (κ2) is 9.00. The molecule has 5 nitrogen and oxygen atoms in total. The minimum absolute atomic E-state index is 0.267. The molecule has 0 aromatic heterocycles. The van der Waals surface area contributed by atoms with Gasteiger partial charge in [0.15, 0.2) is 11.9 Å². The van der Waals surface area contributed by atoms with Crippen molar-refractivity contribution >= 4 is 23.6 Å². The van der Waals surface area contributed by atoms with E-state index in [1.807, 2.05) is 24.3 Å². The molecule has 1 aliphatic heterocycles. The zero-order valence-corrected chi connectivity index (χ0v) is 19.1. The molecule has 0 N–H and O–H groups in total. The maximum Gasteiger partial charge on any atom is 0.416 e. The SMILES string of the molecule is CC(C)(C=O)Oc1ccc(CCCC2=NN(c3ccc(C(F)(F)F)cc3)C(=O)C2(C)C)cc1. The average molecular weight is 460 g/mol. The first-order valence-corrected chi connectivity index (χ1v) is 10.7. The summed E-state index contributed by atoms with van der Waals surface area (Å²) >= 11 is 0. The summed E-state index contributed by atoms with van der Waals surface area (Å²) in [6, 6.07) is 11.9. The zero-order valence-electron chi connectivity index (χ0n) is 19.1. The number of ether oxygens (including phenoxy) is 1. The lowest BCUT2D eigenvalue weighted by Gasteiger charge is -2.20. The van der Waals surface area contributed by atoms with E-state index < -0.39 is 22.8 Å². The number of alkyl halides is 3. The summed E-state index contributed by atoms with van der Waals surface area (Å²) in [5.41, 5.74) is -0.411. The first kappa shape index (κ1) is 24.5. The molecular formula is C25H27F3N2O3. The summed E-state index contributed by atoms with van der Waals surface area (Å²) in [5.74, 6) is 0.339. The minimum atomic E-state index is -4.43. The largest absolute Gasteiger partial charge is 0.480 e. The Hall–Kier alpha value is -3.16.